The van der Waals surface area contributed by atoms with Crippen molar-refractivity contribution in [2.24, 2.45) is 0 Å². The highest BCUT2D eigenvalue weighted by molar-refractivity contribution is 9.10. The first-order valence-electron chi connectivity index (χ1n) is 9.83. The molecule has 3 aromatic carbocycles. The van der Waals surface area contributed by atoms with Crippen LogP contribution in [-0.4, -0.2) is 6.61 Å². The molecule has 0 radical (unpaired) electrons. The average molecular weight is 462 g/mol. The Morgan fingerprint density at radius 3 is 2.37 bits per heavy atom. The van der Waals surface area contributed by atoms with Gasteiger partial charge in [-0.25, -0.2) is 0 Å². The number of halogens is 1. The molecule has 0 saturated heterocycles. The molecule has 0 fully saturated rings. The summed E-state index contributed by atoms with van der Waals surface area (Å²) < 4.78 is 12.7. The molecule has 0 spiro atoms. The minimum atomic E-state index is 0.455. The minimum absolute atomic E-state index is 0.455. The fraction of sp³-hybridized carbons (Fsp3) is 0.192. The number of hydrogen-bond donors (Lipinski definition) is 0. The molecule has 0 bridgehead atoms. The quantitative estimate of drug-likeness (QED) is 0.278. The topological polar surface area (TPSA) is 42.2 Å². The van der Waals surface area contributed by atoms with Gasteiger partial charge < -0.3 is 9.47 Å². The molecule has 152 valence electrons. The van der Waals surface area contributed by atoms with E-state index in [0.717, 1.165) is 26.7 Å². The van der Waals surface area contributed by atoms with Crippen LogP contribution in [0.3, 0.4) is 0 Å². The molecule has 0 aliphatic rings. The number of allylic oxidation sites excluding steroid dienone is 1. The van der Waals surface area contributed by atoms with Crippen LogP contribution >= 0.6 is 15.9 Å². The Morgan fingerprint density at radius 2 is 1.70 bits per heavy atom. The van der Waals surface area contributed by atoms with Gasteiger partial charge in [0.05, 0.1) is 18.2 Å². The molecule has 0 aliphatic carbocycles. The van der Waals surface area contributed by atoms with E-state index < -0.39 is 0 Å². The normalized spacial score (nSPS) is 11.1. The summed E-state index contributed by atoms with van der Waals surface area (Å²) in [6, 6.07) is 22.3. The summed E-state index contributed by atoms with van der Waals surface area (Å²) in [6.45, 7) is 7.01. The lowest BCUT2D eigenvalue weighted by Gasteiger charge is -2.14. The van der Waals surface area contributed by atoms with Crippen molar-refractivity contribution < 1.29 is 9.47 Å². The molecule has 0 atom stereocenters. The maximum absolute atomic E-state index is 9.67. The van der Waals surface area contributed by atoms with E-state index in [0.29, 0.717) is 30.3 Å². The largest absolute Gasteiger partial charge is 0.490 e. The van der Waals surface area contributed by atoms with Crippen molar-refractivity contribution in [3.8, 4) is 17.6 Å². The van der Waals surface area contributed by atoms with E-state index in [9.17, 15) is 5.26 Å². The molecule has 0 aromatic heterocycles. The van der Waals surface area contributed by atoms with Gasteiger partial charge >= 0.3 is 0 Å². The van der Waals surface area contributed by atoms with Crippen molar-refractivity contribution in [3.05, 3.63) is 93.0 Å². The van der Waals surface area contributed by atoms with Gasteiger partial charge in [-0.2, -0.15) is 5.26 Å². The maximum atomic E-state index is 9.67. The van der Waals surface area contributed by atoms with E-state index in [1.54, 1.807) is 0 Å². The van der Waals surface area contributed by atoms with Gasteiger partial charge in [0, 0.05) is 4.47 Å². The molecule has 0 saturated carbocycles. The van der Waals surface area contributed by atoms with E-state index in [-0.39, 0.29) is 0 Å². The summed E-state index contributed by atoms with van der Waals surface area (Å²) in [5.41, 5.74) is 5.79. The Hall–Kier alpha value is -3.03. The molecule has 30 heavy (non-hydrogen) atoms. The van der Waals surface area contributed by atoms with Crippen LogP contribution in [0.25, 0.3) is 11.6 Å². The average Bonchev–Trinajstić information content (AvgIpc) is 2.73. The highest BCUT2D eigenvalue weighted by Gasteiger charge is 2.12. The SMILES string of the molecule is CCOc1cc(/C=C(/C#N)c2ccc(C)cc2)c(Br)cc1OCc1cccc(C)c1. The number of rotatable bonds is 7. The fourth-order valence-electron chi connectivity index (χ4n) is 3.07. The second-order valence-electron chi connectivity index (χ2n) is 7.07. The van der Waals surface area contributed by atoms with Crippen LogP contribution in [-0.2, 0) is 6.61 Å². The fourth-order valence-corrected chi connectivity index (χ4v) is 3.51. The summed E-state index contributed by atoms with van der Waals surface area (Å²) in [4.78, 5) is 0. The monoisotopic (exact) mass is 461 g/mol. The Balaban J connectivity index is 1.91. The molecule has 0 unspecified atom stereocenters. The Kier molecular flexibility index (Phi) is 7.32. The number of nitriles is 1. The van der Waals surface area contributed by atoms with Gasteiger partial charge in [0.2, 0.25) is 0 Å². The molecule has 0 amide bonds. The summed E-state index contributed by atoms with van der Waals surface area (Å²) in [7, 11) is 0. The predicted octanol–water partition coefficient (Wildman–Crippen LogP) is 7.11. The molecule has 3 nitrogen and oxygen atoms in total. The van der Waals surface area contributed by atoms with Crippen LogP contribution in [0.4, 0.5) is 0 Å². The number of aryl methyl sites for hydroxylation is 2. The second-order valence-corrected chi connectivity index (χ2v) is 7.92. The summed E-state index contributed by atoms with van der Waals surface area (Å²) in [5.74, 6) is 1.32. The zero-order valence-corrected chi connectivity index (χ0v) is 19.0. The van der Waals surface area contributed by atoms with Crippen molar-refractivity contribution in [2.75, 3.05) is 6.61 Å². The lowest BCUT2D eigenvalue weighted by molar-refractivity contribution is 0.269. The first-order valence-corrected chi connectivity index (χ1v) is 10.6. The molecule has 0 heterocycles. The van der Waals surface area contributed by atoms with Gasteiger partial charge in [-0.05, 0) is 55.7 Å². The Bertz CT molecular complexity index is 1100. The standard InChI is InChI=1S/C26H24BrNO2/c1-4-29-25-14-22(13-23(16-28)21-10-8-18(2)9-11-21)24(27)15-26(25)30-17-20-7-5-6-19(3)12-20/h5-15H,4,17H2,1-3H3/b23-13-. The second kappa shape index (κ2) is 10.1. The zero-order chi connectivity index (χ0) is 21.5. The Labute approximate surface area is 186 Å². The van der Waals surface area contributed by atoms with E-state index in [4.69, 9.17) is 9.47 Å². The number of ether oxygens (including phenoxy) is 2. The van der Waals surface area contributed by atoms with Crippen LogP contribution in [0.15, 0.2) is 65.1 Å². The van der Waals surface area contributed by atoms with E-state index in [1.807, 2.05) is 68.5 Å². The van der Waals surface area contributed by atoms with Crippen LogP contribution in [0.5, 0.6) is 11.5 Å². The molecule has 4 heteroatoms. The predicted molar refractivity (Wildman–Crippen MR) is 125 cm³/mol. The van der Waals surface area contributed by atoms with Crippen molar-refractivity contribution in [3.63, 3.8) is 0 Å². The van der Waals surface area contributed by atoms with Crippen molar-refractivity contribution >= 4 is 27.6 Å². The number of benzene rings is 3. The highest BCUT2D eigenvalue weighted by atomic mass is 79.9. The molecular formula is C26H24BrNO2. The summed E-state index contributed by atoms with van der Waals surface area (Å²) in [5, 5.41) is 9.67. The summed E-state index contributed by atoms with van der Waals surface area (Å²) >= 11 is 3.62. The van der Waals surface area contributed by atoms with Crippen molar-refractivity contribution in [1.82, 2.24) is 0 Å². The molecule has 0 N–H and O–H groups in total. The van der Waals surface area contributed by atoms with Gasteiger partial charge in [-0.15, -0.1) is 0 Å². The zero-order valence-electron chi connectivity index (χ0n) is 17.4. The Morgan fingerprint density at radius 1 is 0.967 bits per heavy atom. The number of hydrogen-bond acceptors (Lipinski definition) is 3. The minimum Gasteiger partial charge on any atom is -0.490 e. The van der Waals surface area contributed by atoms with E-state index in [1.165, 1.54) is 5.56 Å². The van der Waals surface area contributed by atoms with Crippen LogP contribution in [0, 0.1) is 25.2 Å². The van der Waals surface area contributed by atoms with Gasteiger partial charge in [0.15, 0.2) is 11.5 Å². The van der Waals surface area contributed by atoms with Crippen LogP contribution in [0.1, 0.15) is 34.7 Å². The van der Waals surface area contributed by atoms with Crippen LogP contribution in [0.2, 0.25) is 0 Å². The smallest absolute Gasteiger partial charge is 0.162 e. The maximum Gasteiger partial charge on any atom is 0.162 e. The third-order valence-electron chi connectivity index (χ3n) is 4.62. The van der Waals surface area contributed by atoms with E-state index in [2.05, 4.69) is 41.1 Å². The highest BCUT2D eigenvalue weighted by Crippen LogP contribution is 2.36. The van der Waals surface area contributed by atoms with Crippen molar-refractivity contribution in [1.29, 1.82) is 5.26 Å². The lowest BCUT2D eigenvalue weighted by atomic mass is 10.0. The first kappa shape index (κ1) is 21.7. The van der Waals surface area contributed by atoms with Gasteiger partial charge in [-0.3, -0.25) is 0 Å². The third-order valence-corrected chi connectivity index (χ3v) is 5.31. The molecular weight excluding hydrogens is 438 g/mol. The number of nitrogens with zero attached hydrogens (tertiary/aromatic N) is 1. The third kappa shape index (κ3) is 5.52. The molecule has 0 aliphatic heterocycles. The molecule has 3 rings (SSSR count). The van der Waals surface area contributed by atoms with Gasteiger partial charge in [0.1, 0.15) is 6.61 Å². The summed E-state index contributed by atoms with van der Waals surface area (Å²) in [6.07, 6.45) is 1.86. The lowest BCUT2D eigenvalue weighted by Crippen LogP contribution is -2.00. The van der Waals surface area contributed by atoms with Gasteiger partial charge in [0.25, 0.3) is 0 Å². The van der Waals surface area contributed by atoms with Crippen molar-refractivity contribution in [2.45, 2.75) is 27.4 Å². The first-order chi connectivity index (χ1) is 14.5. The van der Waals surface area contributed by atoms with E-state index >= 15 is 0 Å². The van der Waals surface area contributed by atoms with Crippen LogP contribution < -0.4 is 9.47 Å². The van der Waals surface area contributed by atoms with Gasteiger partial charge in [-0.1, -0.05) is 75.6 Å². The molecule has 3 aromatic rings.